The zero-order chi connectivity index (χ0) is 20.0. The topological polar surface area (TPSA) is 43.8 Å². The number of anilines is 1. The van der Waals surface area contributed by atoms with Gasteiger partial charge in [-0.15, -0.1) is 0 Å². The summed E-state index contributed by atoms with van der Waals surface area (Å²) in [5.74, 6) is -0.393. The fraction of sp³-hybridized carbons (Fsp3) is 0.167. The van der Waals surface area contributed by atoms with Crippen molar-refractivity contribution in [2.45, 2.75) is 19.3 Å². The first-order valence-electron chi connectivity index (χ1n) is 7.69. The van der Waals surface area contributed by atoms with Crippen LogP contribution in [0, 0.1) is 6.92 Å². The number of aromatic nitrogens is 2. The molecule has 3 nitrogen and oxygen atoms in total. The molecule has 2 N–H and O–H groups in total. The lowest BCUT2D eigenvalue weighted by molar-refractivity contribution is -0.141. The summed E-state index contributed by atoms with van der Waals surface area (Å²) < 4.78 is 80.1. The Bertz CT molecular complexity index is 985. The molecule has 27 heavy (non-hydrogen) atoms. The van der Waals surface area contributed by atoms with Crippen LogP contribution in [0.5, 0.6) is 0 Å². The number of alkyl halides is 6. The number of nitrogen functional groups attached to an aromatic ring is 1. The SMILES string of the molecule is Cc1ccccc1-c1c(C(F)(F)F)nn(-c2cccc(C(F)(F)F)c2)c1N. The summed E-state index contributed by atoms with van der Waals surface area (Å²) in [6, 6.07) is 10.1. The van der Waals surface area contributed by atoms with Crippen LogP contribution in [0.4, 0.5) is 32.2 Å². The van der Waals surface area contributed by atoms with Gasteiger partial charge in [-0.25, -0.2) is 4.68 Å². The molecule has 0 radical (unpaired) electrons. The van der Waals surface area contributed by atoms with Gasteiger partial charge >= 0.3 is 12.4 Å². The Kier molecular flexibility index (Phi) is 4.41. The highest BCUT2D eigenvalue weighted by Crippen LogP contribution is 2.42. The first kappa shape index (κ1) is 18.8. The van der Waals surface area contributed by atoms with Gasteiger partial charge in [0.15, 0.2) is 5.69 Å². The molecule has 0 aliphatic carbocycles. The van der Waals surface area contributed by atoms with Crippen molar-refractivity contribution < 1.29 is 26.3 Å². The van der Waals surface area contributed by atoms with Gasteiger partial charge in [0.05, 0.1) is 16.8 Å². The smallest absolute Gasteiger partial charge is 0.383 e. The summed E-state index contributed by atoms with van der Waals surface area (Å²) in [6.07, 6.45) is -9.48. The molecular formula is C18H13F6N3. The van der Waals surface area contributed by atoms with Crippen molar-refractivity contribution in [2.75, 3.05) is 5.73 Å². The third kappa shape index (κ3) is 3.49. The second kappa shape index (κ2) is 6.33. The van der Waals surface area contributed by atoms with Crippen LogP contribution in [0.2, 0.25) is 0 Å². The molecule has 0 fully saturated rings. The van der Waals surface area contributed by atoms with Gasteiger partial charge in [0, 0.05) is 0 Å². The highest BCUT2D eigenvalue weighted by atomic mass is 19.4. The fourth-order valence-electron chi connectivity index (χ4n) is 2.76. The lowest BCUT2D eigenvalue weighted by Crippen LogP contribution is -2.10. The van der Waals surface area contributed by atoms with E-state index < -0.39 is 29.4 Å². The van der Waals surface area contributed by atoms with Crippen LogP contribution in [0.3, 0.4) is 0 Å². The van der Waals surface area contributed by atoms with Crippen LogP contribution < -0.4 is 5.73 Å². The second-order valence-electron chi connectivity index (χ2n) is 5.88. The maximum Gasteiger partial charge on any atom is 0.435 e. The van der Waals surface area contributed by atoms with E-state index in [9.17, 15) is 26.3 Å². The molecule has 0 saturated carbocycles. The van der Waals surface area contributed by atoms with Gasteiger partial charge in [-0.05, 0) is 36.2 Å². The summed E-state index contributed by atoms with van der Waals surface area (Å²) in [4.78, 5) is 0. The molecule has 0 atom stereocenters. The molecule has 142 valence electrons. The normalized spacial score (nSPS) is 12.4. The van der Waals surface area contributed by atoms with Gasteiger partial charge in [-0.1, -0.05) is 30.3 Å². The zero-order valence-corrected chi connectivity index (χ0v) is 13.9. The van der Waals surface area contributed by atoms with E-state index in [0.717, 1.165) is 12.1 Å². The largest absolute Gasteiger partial charge is 0.435 e. The number of hydrogen-bond donors (Lipinski definition) is 1. The van der Waals surface area contributed by atoms with Crippen molar-refractivity contribution in [3.05, 3.63) is 65.4 Å². The zero-order valence-electron chi connectivity index (χ0n) is 13.9. The van der Waals surface area contributed by atoms with Gasteiger partial charge < -0.3 is 5.73 Å². The lowest BCUT2D eigenvalue weighted by Gasteiger charge is -2.10. The highest BCUT2D eigenvalue weighted by molar-refractivity contribution is 5.80. The van der Waals surface area contributed by atoms with E-state index in [0.29, 0.717) is 16.3 Å². The molecule has 0 spiro atoms. The van der Waals surface area contributed by atoms with E-state index in [4.69, 9.17) is 5.73 Å². The molecule has 2 aromatic carbocycles. The maximum absolute atomic E-state index is 13.5. The fourth-order valence-corrected chi connectivity index (χ4v) is 2.76. The summed E-state index contributed by atoms with van der Waals surface area (Å²) >= 11 is 0. The number of rotatable bonds is 2. The van der Waals surface area contributed by atoms with Crippen LogP contribution in [-0.2, 0) is 12.4 Å². The molecule has 1 heterocycles. The minimum Gasteiger partial charge on any atom is -0.383 e. The third-order valence-corrected chi connectivity index (χ3v) is 4.02. The summed E-state index contributed by atoms with van der Waals surface area (Å²) in [7, 11) is 0. The Morgan fingerprint density at radius 1 is 0.889 bits per heavy atom. The van der Waals surface area contributed by atoms with E-state index in [1.54, 1.807) is 25.1 Å². The van der Waals surface area contributed by atoms with Crippen molar-refractivity contribution in [2.24, 2.45) is 0 Å². The molecular weight excluding hydrogens is 372 g/mol. The Labute approximate surface area is 150 Å². The second-order valence-corrected chi connectivity index (χ2v) is 5.88. The van der Waals surface area contributed by atoms with Gasteiger partial charge in [-0.3, -0.25) is 0 Å². The molecule has 1 aromatic heterocycles. The summed E-state index contributed by atoms with van der Waals surface area (Å²) in [5.41, 5.74) is 3.80. The Balaban J connectivity index is 2.27. The van der Waals surface area contributed by atoms with Crippen molar-refractivity contribution in [1.82, 2.24) is 9.78 Å². The van der Waals surface area contributed by atoms with Crippen molar-refractivity contribution >= 4 is 5.82 Å². The van der Waals surface area contributed by atoms with Crippen molar-refractivity contribution in [3.8, 4) is 16.8 Å². The van der Waals surface area contributed by atoms with Crippen LogP contribution in [-0.4, -0.2) is 9.78 Å². The molecule has 9 heteroatoms. The first-order valence-corrected chi connectivity index (χ1v) is 7.69. The maximum atomic E-state index is 13.5. The van der Waals surface area contributed by atoms with Crippen molar-refractivity contribution in [3.63, 3.8) is 0 Å². The summed E-state index contributed by atoms with van der Waals surface area (Å²) in [5, 5.41) is 3.49. The quantitative estimate of drug-likeness (QED) is 0.595. The standard InChI is InChI=1S/C18H13F6N3/c1-10-5-2-3-8-13(10)14-15(18(22,23)24)26-27(16(14)25)12-7-4-6-11(9-12)17(19,20)21/h2-9H,25H2,1H3. The van der Waals surface area contributed by atoms with Crippen LogP contribution in [0.25, 0.3) is 16.8 Å². The predicted octanol–water partition coefficient (Wildman–Crippen LogP) is 5.47. The van der Waals surface area contributed by atoms with Crippen molar-refractivity contribution in [1.29, 1.82) is 0 Å². The number of nitrogens with two attached hydrogens (primary N) is 1. The number of aryl methyl sites for hydroxylation is 1. The van der Waals surface area contributed by atoms with E-state index in [2.05, 4.69) is 5.10 Å². The summed E-state index contributed by atoms with van der Waals surface area (Å²) in [6.45, 7) is 1.61. The lowest BCUT2D eigenvalue weighted by atomic mass is 10.00. The van der Waals surface area contributed by atoms with Crippen LogP contribution in [0.1, 0.15) is 16.8 Å². The van der Waals surface area contributed by atoms with E-state index >= 15 is 0 Å². The molecule has 0 unspecified atom stereocenters. The predicted molar refractivity (Wildman–Crippen MR) is 88.2 cm³/mol. The van der Waals surface area contributed by atoms with E-state index in [-0.39, 0.29) is 16.8 Å². The minimum atomic E-state index is -4.83. The number of hydrogen-bond acceptors (Lipinski definition) is 2. The number of nitrogens with zero attached hydrogens (tertiary/aromatic N) is 2. The van der Waals surface area contributed by atoms with E-state index in [1.807, 2.05) is 0 Å². The van der Waals surface area contributed by atoms with Gasteiger partial charge in [-0.2, -0.15) is 31.4 Å². The van der Waals surface area contributed by atoms with Crippen LogP contribution >= 0.6 is 0 Å². The highest BCUT2D eigenvalue weighted by Gasteiger charge is 2.40. The van der Waals surface area contributed by atoms with Gasteiger partial charge in [0.1, 0.15) is 5.82 Å². The molecule has 0 bridgehead atoms. The number of benzene rings is 2. The molecule has 0 amide bonds. The van der Waals surface area contributed by atoms with E-state index in [1.165, 1.54) is 12.1 Å². The molecule has 3 aromatic rings. The molecule has 0 aliphatic rings. The number of halogens is 6. The minimum absolute atomic E-state index is 0.209. The molecule has 0 aliphatic heterocycles. The van der Waals surface area contributed by atoms with Gasteiger partial charge in [0.25, 0.3) is 0 Å². The van der Waals surface area contributed by atoms with Crippen LogP contribution in [0.15, 0.2) is 48.5 Å². The average molecular weight is 385 g/mol. The Morgan fingerprint density at radius 3 is 2.15 bits per heavy atom. The first-order chi connectivity index (χ1) is 12.5. The molecule has 0 saturated heterocycles. The monoisotopic (exact) mass is 385 g/mol. The molecule has 3 rings (SSSR count). The Hall–Kier alpha value is -2.97. The third-order valence-electron chi connectivity index (χ3n) is 4.02. The Morgan fingerprint density at radius 2 is 1.56 bits per heavy atom. The average Bonchev–Trinajstić information content (AvgIpc) is 2.92. The van der Waals surface area contributed by atoms with Gasteiger partial charge in [0.2, 0.25) is 0 Å².